The predicted molar refractivity (Wildman–Crippen MR) is 122 cm³/mol. The molecule has 1 aromatic carbocycles. The largest absolute Gasteiger partial charge is 0.374 e. The number of nitrogens with one attached hydrogen (secondary N) is 2. The van der Waals surface area contributed by atoms with Crippen LogP contribution in [-0.4, -0.2) is 54.7 Å². The molecule has 1 atom stereocenters. The molecule has 2 saturated heterocycles. The maximum atomic E-state index is 12.2. The molecule has 0 aliphatic carbocycles. The molecule has 31 heavy (non-hydrogen) atoms. The molecule has 2 fully saturated rings. The van der Waals surface area contributed by atoms with E-state index in [0.29, 0.717) is 37.5 Å². The molecule has 2 amide bonds. The van der Waals surface area contributed by atoms with Gasteiger partial charge in [-0.25, -0.2) is 0 Å². The number of benzene rings is 1. The van der Waals surface area contributed by atoms with Crippen LogP contribution in [0.2, 0.25) is 0 Å². The molecular weight excluding hydrogens is 392 g/mol. The summed E-state index contributed by atoms with van der Waals surface area (Å²) < 4.78 is 0. The normalized spacial score (nSPS) is 20.5. The second-order valence-electron chi connectivity index (χ2n) is 8.81. The summed E-state index contributed by atoms with van der Waals surface area (Å²) in [6.45, 7) is 3.24. The number of likely N-dealkylation sites (tertiary alicyclic amines) is 1. The Morgan fingerprint density at radius 2 is 1.74 bits per heavy atom. The Balaban J connectivity index is 1.38. The molecule has 1 aromatic rings. The number of imide groups is 1. The van der Waals surface area contributed by atoms with Gasteiger partial charge in [0, 0.05) is 18.5 Å². The van der Waals surface area contributed by atoms with E-state index in [2.05, 4.69) is 27.7 Å². The van der Waals surface area contributed by atoms with Crippen molar-refractivity contribution >= 4 is 23.3 Å². The maximum Gasteiger partial charge on any atom is 0.249 e. The molecule has 7 nitrogen and oxygen atoms in total. The van der Waals surface area contributed by atoms with Crippen molar-refractivity contribution in [3.63, 3.8) is 0 Å². The van der Waals surface area contributed by atoms with Crippen molar-refractivity contribution in [1.29, 1.82) is 0 Å². The number of piperidine rings is 2. The molecule has 0 bridgehead atoms. The van der Waals surface area contributed by atoms with Crippen LogP contribution in [0.3, 0.4) is 0 Å². The van der Waals surface area contributed by atoms with Crippen molar-refractivity contribution in [2.45, 2.75) is 69.7 Å². The van der Waals surface area contributed by atoms with Crippen LogP contribution in [0.25, 0.3) is 0 Å². The molecule has 170 valence electrons. The van der Waals surface area contributed by atoms with Gasteiger partial charge in [0.05, 0.1) is 6.54 Å². The zero-order chi connectivity index (χ0) is 22.1. The van der Waals surface area contributed by atoms with Gasteiger partial charge in [0.25, 0.3) is 0 Å². The van der Waals surface area contributed by atoms with E-state index >= 15 is 0 Å². The van der Waals surface area contributed by atoms with E-state index in [4.69, 9.17) is 5.73 Å². The number of nitrogens with zero attached hydrogens (tertiary/aromatic N) is 1. The van der Waals surface area contributed by atoms with Crippen molar-refractivity contribution in [1.82, 2.24) is 10.2 Å². The van der Waals surface area contributed by atoms with E-state index < -0.39 is 0 Å². The average molecular weight is 429 g/mol. The summed E-state index contributed by atoms with van der Waals surface area (Å²) in [6.07, 6.45) is 7.95. The number of amides is 2. The van der Waals surface area contributed by atoms with Gasteiger partial charge in [0.15, 0.2) is 0 Å². The summed E-state index contributed by atoms with van der Waals surface area (Å²) in [4.78, 5) is 37.7. The number of Topliss-reactive ketones (excluding diaryl/α,β-unsaturated/α-hetero) is 1. The molecule has 0 spiro atoms. The zero-order valence-electron chi connectivity index (χ0n) is 18.4. The van der Waals surface area contributed by atoms with Crippen molar-refractivity contribution in [2.24, 2.45) is 5.73 Å². The summed E-state index contributed by atoms with van der Waals surface area (Å²) in [7, 11) is 0. The van der Waals surface area contributed by atoms with Gasteiger partial charge in [0.1, 0.15) is 11.8 Å². The molecule has 1 unspecified atom stereocenters. The Kier molecular flexibility index (Phi) is 9.03. The topological polar surface area (TPSA) is 105 Å². The summed E-state index contributed by atoms with van der Waals surface area (Å²) in [5.41, 5.74) is 7.70. The van der Waals surface area contributed by atoms with E-state index in [1.54, 1.807) is 0 Å². The quantitative estimate of drug-likeness (QED) is 0.370. The SMILES string of the molecule is NCCCCCCC(=O)CN1CCC(c2ccc(NC3CCC(=O)NC3=O)cc2)CC1. The van der Waals surface area contributed by atoms with Gasteiger partial charge in [-0.3, -0.25) is 24.6 Å². The van der Waals surface area contributed by atoms with Gasteiger partial charge in [0.2, 0.25) is 11.8 Å². The molecule has 2 heterocycles. The fourth-order valence-corrected chi connectivity index (χ4v) is 4.46. The first kappa shape index (κ1) is 23.4. The maximum absolute atomic E-state index is 12.2. The average Bonchev–Trinajstić information content (AvgIpc) is 2.77. The predicted octanol–water partition coefficient (Wildman–Crippen LogP) is 2.56. The van der Waals surface area contributed by atoms with Crippen molar-refractivity contribution in [2.75, 3.05) is 31.5 Å². The number of carbonyl (C=O) groups excluding carboxylic acids is 3. The van der Waals surface area contributed by atoms with Crippen LogP contribution >= 0.6 is 0 Å². The molecule has 0 saturated carbocycles. The third kappa shape index (κ3) is 7.43. The van der Waals surface area contributed by atoms with Gasteiger partial charge in [-0.05, 0) is 75.4 Å². The zero-order valence-corrected chi connectivity index (χ0v) is 18.4. The Labute approximate surface area is 185 Å². The van der Waals surface area contributed by atoms with Gasteiger partial charge in [-0.2, -0.15) is 0 Å². The highest BCUT2D eigenvalue weighted by atomic mass is 16.2. The number of ketones is 1. The lowest BCUT2D eigenvalue weighted by molar-refractivity contribution is -0.133. The number of hydrogen-bond donors (Lipinski definition) is 3. The summed E-state index contributed by atoms with van der Waals surface area (Å²) in [5, 5.41) is 5.60. The number of nitrogens with two attached hydrogens (primary N) is 1. The molecule has 7 heteroatoms. The molecule has 2 aliphatic heterocycles. The highest BCUT2D eigenvalue weighted by Crippen LogP contribution is 2.29. The van der Waals surface area contributed by atoms with Crippen LogP contribution in [0.1, 0.15) is 69.3 Å². The molecule has 3 rings (SSSR count). The van der Waals surface area contributed by atoms with Gasteiger partial charge >= 0.3 is 0 Å². The fraction of sp³-hybridized carbons (Fsp3) is 0.625. The first-order valence-electron chi connectivity index (χ1n) is 11.7. The number of unbranched alkanes of at least 4 members (excludes halogenated alkanes) is 3. The lowest BCUT2D eigenvalue weighted by Crippen LogP contribution is -2.47. The highest BCUT2D eigenvalue weighted by Gasteiger charge is 2.26. The Morgan fingerprint density at radius 1 is 1.03 bits per heavy atom. The molecule has 4 N–H and O–H groups in total. The standard InChI is InChI=1S/C24H36N4O3/c25-14-4-2-1-3-5-21(29)17-28-15-12-19(13-16-28)18-6-8-20(9-7-18)26-22-10-11-23(30)27-24(22)31/h6-9,19,22,26H,1-5,10-17,25H2,(H,27,30,31). The lowest BCUT2D eigenvalue weighted by Gasteiger charge is -2.32. The van der Waals surface area contributed by atoms with Crippen LogP contribution in [0.15, 0.2) is 24.3 Å². The van der Waals surface area contributed by atoms with Crippen molar-refractivity contribution < 1.29 is 14.4 Å². The van der Waals surface area contributed by atoms with Crippen molar-refractivity contribution in [3.05, 3.63) is 29.8 Å². The highest BCUT2D eigenvalue weighted by molar-refractivity contribution is 6.01. The van der Waals surface area contributed by atoms with E-state index in [9.17, 15) is 14.4 Å². The van der Waals surface area contributed by atoms with Gasteiger partial charge in [-0.15, -0.1) is 0 Å². The van der Waals surface area contributed by atoms with E-state index in [-0.39, 0.29) is 17.9 Å². The minimum Gasteiger partial charge on any atom is -0.374 e. The molecule has 2 aliphatic rings. The smallest absolute Gasteiger partial charge is 0.249 e. The van der Waals surface area contributed by atoms with Crippen LogP contribution in [-0.2, 0) is 14.4 Å². The molecule has 0 radical (unpaired) electrons. The van der Waals surface area contributed by atoms with Crippen LogP contribution < -0.4 is 16.4 Å². The number of rotatable bonds is 11. The summed E-state index contributed by atoms with van der Waals surface area (Å²) in [6, 6.07) is 7.92. The monoisotopic (exact) mass is 428 g/mol. The Morgan fingerprint density at radius 3 is 2.42 bits per heavy atom. The summed E-state index contributed by atoms with van der Waals surface area (Å²) in [5.74, 6) is 0.411. The lowest BCUT2D eigenvalue weighted by atomic mass is 9.89. The van der Waals surface area contributed by atoms with Gasteiger partial charge in [-0.1, -0.05) is 25.0 Å². The van der Waals surface area contributed by atoms with E-state index in [0.717, 1.165) is 63.8 Å². The van der Waals surface area contributed by atoms with E-state index in [1.807, 2.05) is 12.1 Å². The van der Waals surface area contributed by atoms with Crippen LogP contribution in [0, 0.1) is 0 Å². The fourth-order valence-electron chi connectivity index (χ4n) is 4.46. The van der Waals surface area contributed by atoms with Gasteiger partial charge < -0.3 is 11.1 Å². The second kappa shape index (κ2) is 12.0. The third-order valence-corrected chi connectivity index (χ3v) is 6.36. The Hall–Kier alpha value is -2.25. The number of carbonyl (C=O) groups is 3. The number of anilines is 1. The summed E-state index contributed by atoms with van der Waals surface area (Å²) >= 11 is 0. The minimum absolute atomic E-state index is 0.200. The van der Waals surface area contributed by atoms with Crippen LogP contribution in [0.4, 0.5) is 5.69 Å². The molecule has 0 aromatic heterocycles. The molecular formula is C24H36N4O3. The minimum atomic E-state index is -0.356. The van der Waals surface area contributed by atoms with Crippen LogP contribution in [0.5, 0.6) is 0 Å². The van der Waals surface area contributed by atoms with Crippen molar-refractivity contribution in [3.8, 4) is 0 Å². The first-order chi connectivity index (χ1) is 15.0. The number of hydrogen-bond acceptors (Lipinski definition) is 6. The third-order valence-electron chi connectivity index (χ3n) is 6.36. The second-order valence-corrected chi connectivity index (χ2v) is 8.81. The first-order valence-corrected chi connectivity index (χ1v) is 11.7. The van der Waals surface area contributed by atoms with E-state index in [1.165, 1.54) is 5.56 Å². The Bertz CT molecular complexity index is 742.